The van der Waals surface area contributed by atoms with Gasteiger partial charge in [0, 0.05) is 180 Å². The van der Waals surface area contributed by atoms with Gasteiger partial charge in [-0.2, -0.15) is 0 Å². The number of hydrogen-bond acceptors (Lipinski definition) is 16. The Hall–Kier alpha value is -6.20. The number of piperidine rings is 4. The second kappa shape index (κ2) is 35.0. The first-order valence-electron chi connectivity index (χ1n) is 54.7. The lowest BCUT2D eigenvalue weighted by molar-refractivity contribution is -0.130. The number of fused-ring (bicyclic) bond motifs is 12. The molecule has 0 aromatic heterocycles. The van der Waals surface area contributed by atoms with Crippen molar-refractivity contribution in [1.29, 1.82) is 0 Å². The minimum atomic E-state index is -4.14. The summed E-state index contributed by atoms with van der Waals surface area (Å²) < 4.78 is 467. The summed E-state index contributed by atoms with van der Waals surface area (Å²) in [4.78, 5) is 55.4. The molecule has 10 atom stereocenters. The van der Waals surface area contributed by atoms with Crippen LogP contribution >= 0.6 is 0 Å². The molecule has 4 saturated heterocycles. The Labute approximate surface area is 647 Å². The summed E-state index contributed by atoms with van der Waals surface area (Å²) in [5.74, 6) is -24.4. The fourth-order valence-electron chi connectivity index (χ4n) is 10.7. The highest BCUT2D eigenvalue weighted by atomic mass is 16.5. The lowest BCUT2D eigenvalue weighted by Crippen LogP contribution is -2.46. The normalized spacial score (nSPS) is 43.6. The van der Waals surface area contributed by atoms with Crippen LogP contribution in [0.2, 0.25) is 0 Å². The second-order valence-electron chi connectivity index (χ2n) is 22.4. The lowest BCUT2D eigenvalue weighted by Gasteiger charge is -2.43. The van der Waals surface area contributed by atoms with Crippen molar-refractivity contribution in [2.45, 2.75) is 184 Å². The summed E-state index contributed by atoms with van der Waals surface area (Å²) >= 11 is 0. The zero-order chi connectivity index (χ0) is 112. The molecule has 96 heavy (non-hydrogen) atoms. The summed E-state index contributed by atoms with van der Waals surface area (Å²) in [5, 5.41) is 0. The highest BCUT2D eigenvalue weighted by molar-refractivity contribution is 5.85. The van der Waals surface area contributed by atoms with Crippen molar-refractivity contribution in [1.82, 2.24) is 19.6 Å². The number of carbonyl (C=O) groups excluding carboxylic acids is 4. The van der Waals surface area contributed by atoms with Gasteiger partial charge in [-0.3, -0.25) is 38.8 Å². The zero-order valence-electron chi connectivity index (χ0n) is 105. The summed E-state index contributed by atoms with van der Waals surface area (Å²) in [6.45, 7) is -18.3. The molecule has 0 saturated carbocycles. The lowest BCUT2D eigenvalue weighted by atomic mass is 9.79. The third-order valence-electron chi connectivity index (χ3n) is 15.3. The summed E-state index contributed by atoms with van der Waals surface area (Å²) in [6.07, 6.45) is -34.9. The van der Waals surface area contributed by atoms with E-state index in [0.29, 0.717) is 28.5 Å². The number of carbonyl (C=O) groups is 4. The Morgan fingerprint density at radius 1 is 0.469 bits per heavy atom. The number of rotatable bonds is 18. The number of Topliss-reactive ketones (excluding diaryl/α,β-unsaturated/α-hetero) is 4. The number of benzene rings is 4. The van der Waals surface area contributed by atoms with Crippen molar-refractivity contribution >= 4 is 23.1 Å². The van der Waals surface area contributed by atoms with Gasteiger partial charge in [0.05, 0.1) is 70.6 Å². The molecule has 532 valence electrons. The first kappa shape index (κ1) is 33.3. The van der Waals surface area contributed by atoms with E-state index >= 15 is 0 Å². The van der Waals surface area contributed by atoms with Gasteiger partial charge < -0.3 is 37.9 Å². The average Bonchev–Trinajstić information content (AvgIpc) is 0.646. The molecular formula is C80H120N4O12. The fourth-order valence-corrected chi connectivity index (χ4v) is 10.7. The van der Waals surface area contributed by atoms with E-state index in [-0.39, 0.29) is 84.3 Å². The largest absolute Gasteiger partial charge is 0.493 e. The average molecular weight is 1380 g/mol. The number of hydrogen-bond donors (Lipinski definition) is 0. The van der Waals surface area contributed by atoms with Gasteiger partial charge in [0.2, 0.25) is 0 Å². The predicted octanol–water partition coefficient (Wildman–Crippen LogP) is 15.0. The van der Waals surface area contributed by atoms with Crippen LogP contribution in [0.15, 0.2) is 48.4 Å². The Bertz CT molecular complexity index is 5740. The minimum absolute atomic E-state index is 0. The molecule has 12 rings (SSSR count). The van der Waals surface area contributed by atoms with E-state index in [2.05, 4.69) is 0 Å². The van der Waals surface area contributed by atoms with Gasteiger partial charge in [0.15, 0.2) is 46.0 Å². The van der Waals surface area contributed by atoms with E-state index < -0.39 is 312 Å². The maximum Gasteiger partial charge on any atom is 0.161 e. The molecule has 4 fully saturated rings. The fraction of sp³-hybridized carbons (Fsp3) is 0.650. The van der Waals surface area contributed by atoms with Crippen LogP contribution in [0.4, 0.5) is 0 Å². The van der Waals surface area contributed by atoms with E-state index in [1.807, 2.05) is 0 Å². The van der Waals surface area contributed by atoms with Crippen LogP contribution in [0.25, 0.3) is 0 Å². The van der Waals surface area contributed by atoms with Crippen LogP contribution in [0, 0.1) is 47.2 Å². The van der Waals surface area contributed by atoms with Crippen LogP contribution in [0.1, 0.15) is 271 Å². The molecule has 0 amide bonds. The number of ketones is 4. The minimum Gasteiger partial charge on any atom is -0.493 e. The second-order valence-corrected chi connectivity index (χ2v) is 22.4. The molecule has 0 spiro atoms. The first-order valence-corrected chi connectivity index (χ1v) is 29.7. The SMILES string of the molecule is C.C.[2H]C1(CC(C)C)CN2C([2H])([2H])C([2H])([2H])c3cc(OC)c(OC)cc3C2([2H])C([2H])([2H])C1=O.[2H]c1c(OC)c(OC)c([2H])c2c1C([2H])([2H])C([2H])([2H])N1CC([2H])(C([2H])([2H])C([2H])(C([2H])([2H])[2H])C([2H])([2H])C)C(=O)C([2H])([2H])C21[2H].[2H]c1c(OC)c(OC)c([2H])c2c1C1([2H])CC(=O)C(C([2H])([2H])C([2H])(C([2H])([2H])[2H])C([2H])([2H])C)CN1C([2H])([2H])C2([2H])[2H].[2H]c1c(OC)c(OC)c([2H])c2c1C1([2H])CC(=O)C(CC(C)C)C([2H])([2H])N1C([2H])([2H])C2([2H])[2H]. The number of methoxy groups -OCH3 is 8. The molecule has 16 heteroatoms. The first-order chi connectivity index (χ1) is 64.3. The van der Waals surface area contributed by atoms with Crippen molar-refractivity contribution in [3.8, 4) is 46.0 Å². The zero-order valence-corrected chi connectivity index (χ0v) is 54.6. The van der Waals surface area contributed by atoms with Gasteiger partial charge >= 0.3 is 0 Å². The van der Waals surface area contributed by atoms with E-state index in [4.69, 9.17) is 104 Å². The smallest absolute Gasteiger partial charge is 0.161 e. The van der Waals surface area contributed by atoms with Crippen LogP contribution in [0.3, 0.4) is 0 Å². The Kier molecular flexibility index (Phi) is 12.2. The number of nitrogens with zero attached hydrogens (tertiary/aromatic N) is 4. The monoisotopic (exact) mass is 1380 g/mol. The third kappa shape index (κ3) is 17.6. The third-order valence-corrected chi connectivity index (χ3v) is 15.3. The van der Waals surface area contributed by atoms with Crippen molar-refractivity contribution in [2.24, 2.45) is 47.2 Å². The Balaban J connectivity index is 0.000000264. The quantitative estimate of drug-likeness (QED) is 0.0926. The molecule has 10 unspecified atom stereocenters. The summed E-state index contributed by atoms with van der Waals surface area (Å²) in [6, 6.07) is -13.1. The van der Waals surface area contributed by atoms with E-state index in [9.17, 15) is 21.9 Å². The highest BCUT2D eigenvalue weighted by Gasteiger charge is 2.43. The Morgan fingerprint density at radius 3 is 1.30 bits per heavy atom. The Morgan fingerprint density at radius 2 is 0.844 bits per heavy atom. The molecule has 0 radical (unpaired) electrons. The van der Waals surface area contributed by atoms with Gasteiger partial charge in [-0.15, -0.1) is 0 Å². The molecular weight excluding hydrogens is 1210 g/mol. The van der Waals surface area contributed by atoms with Gasteiger partial charge in [-0.25, -0.2) is 0 Å². The van der Waals surface area contributed by atoms with Crippen LogP contribution in [-0.4, -0.2) is 152 Å². The summed E-state index contributed by atoms with van der Waals surface area (Å²) in [5.41, 5.74) is -4.97. The molecule has 0 N–H and O–H groups in total. The standard InChI is InChI=1S/2C20H29NO3.2C19H27NO3.2CH4/c2*1-5-13(2)8-15-12-21-7-6-14-9-19(23-3)20(24-4)10-16(14)17(21)11-18(15)22;2*1-12(2)7-14-11-20-6-5-13-8-18(22-3)19(23-4)9-15(13)16(20)10-17(14)21;;/h2*9-10,13,15,17H,5-8,11-12H2,1-4H3;2*8-9,12,14,16H,5-7,10-11H2,1-4H3;2*1H4/i2D3,5D2,6D2,7D2,8D2,9D,10D,11D2,13D,15D,17D;2D3,5D2,6D2,7D2,8D2,9D,10D,13D,17D;5D2,6D2,8D,9D,11D2,16D;5D2,6D2,10D2,14D,16D;;. The molecule has 0 aliphatic carbocycles. The van der Waals surface area contributed by atoms with Crippen molar-refractivity contribution in [2.75, 3.05) is 109 Å². The van der Waals surface area contributed by atoms with Crippen LogP contribution < -0.4 is 37.9 Å². The van der Waals surface area contributed by atoms with E-state index in [1.165, 1.54) is 40.6 Å². The predicted molar refractivity (Wildman–Crippen MR) is 383 cm³/mol. The number of aryl methyl sites for hydroxylation is 1. The molecule has 4 aromatic rings. The van der Waals surface area contributed by atoms with E-state index in [1.54, 1.807) is 27.7 Å². The molecule has 4 aromatic carbocycles. The van der Waals surface area contributed by atoms with Gasteiger partial charge in [0.1, 0.15) is 23.1 Å². The van der Waals surface area contributed by atoms with Crippen LogP contribution in [-0.2, 0) is 44.7 Å². The van der Waals surface area contributed by atoms with Crippen LogP contribution in [0.5, 0.6) is 46.0 Å². The van der Waals surface area contributed by atoms with Gasteiger partial charge in [-0.05, 0) is 168 Å². The van der Waals surface area contributed by atoms with Gasteiger partial charge in [-0.1, -0.05) is 82.8 Å². The highest BCUT2D eigenvalue weighted by Crippen LogP contribution is 2.48. The molecule has 8 aliphatic heterocycles. The molecule has 0 bridgehead atoms. The number of ether oxygens (including phenoxy) is 8. The molecule has 16 nitrogen and oxygen atoms in total. The van der Waals surface area contributed by atoms with E-state index in [0.717, 1.165) is 28.4 Å². The topological polar surface area (TPSA) is 155 Å². The van der Waals surface area contributed by atoms with Crippen molar-refractivity contribution in [3.05, 3.63) is 92.9 Å². The van der Waals surface area contributed by atoms with Gasteiger partial charge in [0.25, 0.3) is 0 Å². The molecule has 8 aliphatic rings. The maximum absolute atomic E-state index is 13.9. The summed E-state index contributed by atoms with van der Waals surface area (Å²) in [7, 11) is 9.34. The van der Waals surface area contributed by atoms with Crippen molar-refractivity contribution < 1.29 is 126 Å². The van der Waals surface area contributed by atoms with Crippen molar-refractivity contribution in [3.63, 3.8) is 0 Å². The maximum atomic E-state index is 13.9. The molecule has 8 heterocycles.